The Kier molecular flexibility index (Phi) is 6.02. The molecule has 0 bridgehead atoms. The monoisotopic (exact) mass is 433 g/mol. The number of ether oxygens (including phenoxy) is 1. The molecule has 2 heterocycles. The highest BCUT2D eigenvalue weighted by Crippen LogP contribution is 2.30. The lowest BCUT2D eigenvalue weighted by atomic mass is 10.1. The van der Waals surface area contributed by atoms with Gasteiger partial charge in [-0.15, -0.1) is 0 Å². The van der Waals surface area contributed by atoms with Crippen molar-refractivity contribution in [2.75, 3.05) is 19.4 Å². The Hall–Kier alpha value is -3.94. The van der Waals surface area contributed by atoms with Gasteiger partial charge in [0.05, 0.1) is 0 Å². The highest BCUT2D eigenvalue weighted by Gasteiger charge is 2.12. The van der Waals surface area contributed by atoms with E-state index in [1.54, 1.807) is 49.5 Å². The Morgan fingerprint density at radius 1 is 1.19 bits per heavy atom. The van der Waals surface area contributed by atoms with Gasteiger partial charge in [-0.05, 0) is 49.2 Å². The lowest BCUT2D eigenvalue weighted by Crippen LogP contribution is -2.21. The molecule has 0 unspecified atom stereocenters. The topological polar surface area (TPSA) is 83.1 Å². The molecule has 4 aromatic rings. The molecule has 0 radical (unpaired) electrons. The van der Waals surface area contributed by atoms with Crippen molar-refractivity contribution < 1.29 is 13.9 Å². The van der Waals surface area contributed by atoms with Gasteiger partial charge >= 0.3 is 0 Å². The first-order valence-electron chi connectivity index (χ1n) is 10.2. The normalized spacial score (nSPS) is 10.9. The van der Waals surface area contributed by atoms with E-state index >= 15 is 0 Å². The third kappa shape index (κ3) is 4.85. The van der Waals surface area contributed by atoms with Gasteiger partial charge in [-0.3, -0.25) is 4.79 Å². The lowest BCUT2D eigenvalue weighted by molar-refractivity contribution is -0.128. The molecule has 8 heteroatoms. The molecule has 2 aromatic carbocycles. The second-order valence-corrected chi connectivity index (χ2v) is 7.73. The van der Waals surface area contributed by atoms with E-state index < -0.39 is 5.82 Å². The van der Waals surface area contributed by atoms with Crippen LogP contribution in [-0.4, -0.2) is 39.9 Å². The van der Waals surface area contributed by atoms with Crippen LogP contribution in [0.4, 0.5) is 16.0 Å². The summed E-state index contributed by atoms with van der Waals surface area (Å²) >= 11 is 0. The minimum absolute atomic E-state index is 0.0803. The SMILES string of the molecule is Cc1cc2c(F)c(Oc3ccnc(Nc4cccc(CCC(=O)N(C)C)c4)n3)ccc2[nH]1. The molecule has 0 fully saturated rings. The second-order valence-electron chi connectivity index (χ2n) is 7.73. The van der Waals surface area contributed by atoms with Gasteiger partial charge in [0.1, 0.15) is 0 Å². The van der Waals surface area contributed by atoms with E-state index in [4.69, 9.17) is 4.74 Å². The molecule has 0 saturated heterocycles. The molecule has 7 nitrogen and oxygen atoms in total. The number of carbonyl (C=O) groups is 1. The van der Waals surface area contributed by atoms with Crippen LogP contribution >= 0.6 is 0 Å². The number of benzene rings is 2. The first kappa shape index (κ1) is 21.3. The van der Waals surface area contributed by atoms with Crippen molar-refractivity contribution in [2.24, 2.45) is 0 Å². The van der Waals surface area contributed by atoms with Crippen LogP contribution in [0.2, 0.25) is 0 Å². The molecular formula is C24H24FN5O2. The molecule has 0 saturated carbocycles. The quantitative estimate of drug-likeness (QED) is 0.430. The lowest BCUT2D eigenvalue weighted by Gasteiger charge is -2.11. The average molecular weight is 433 g/mol. The van der Waals surface area contributed by atoms with E-state index in [2.05, 4.69) is 20.3 Å². The van der Waals surface area contributed by atoms with E-state index in [1.165, 1.54) is 0 Å². The number of carbonyl (C=O) groups excluding carboxylic acids is 1. The van der Waals surface area contributed by atoms with Gasteiger partial charge in [0.15, 0.2) is 11.6 Å². The predicted molar refractivity (Wildman–Crippen MR) is 122 cm³/mol. The zero-order valence-electron chi connectivity index (χ0n) is 18.1. The molecule has 2 aromatic heterocycles. The minimum atomic E-state index is -0.444. The van der Waals surface area contributed by atoms with Gasteiger partial charge < -0.3 is 19.9 Å². The standard InChI is InChI=1S/C24H24FN5O2/c1-15-13-18-19(27-15)8-9-20(23(18)25)32-21-11-12-26-24(29-21)28-17-6-4-5-16(14-17)7-10-22(31)30(2)3/h4-6,8-9,11-14,27H,7,10H2,1-3H3,(H,26,28,29). The number of hydrogen-bond acceptors (Lipinski definition) is 5. The summed E-state index contributed by atoms with van der Waals surface area (Å²) in [5, 5.41) is 3.60. The largest absolute Gasteiger partial charge is 0.436 e. The van der Waals surface area contributed by atoms with Gasteiger partial charge in [0.2, 0.25) is 17.7 Å². The molecule has 0 aliphatic rings. The molecule has 0 aliphatic heterocycles. The number of halogens is 1. The summed E-state index contributed by atoms with van der Waals surface area (Å²) in [7, 11) is 3.49. The minimum Gasteiger partial charge on any atom is -0.436 e. The van der Waals surface area contributed by atoms with Gasteiger partial charge in [-0.1, -0.05) is 12.1 Å². The molecule has 0 aliphatic carbocycles. The van der Waals surface area contributed by atoms with Crippen LogP contribution in [0.5, 0.6) is 11.6 Å². The van der Waals surface area contributed by atoms with Crippen LogP contribution in [0.1, 0.15) is 17.7 Å². The van der Waals surface area contributed by atoms with Crippen molar-refractivity contribution >= 4 is 28.4 Å². The first-order valence-corrected chi connectivity index (χ1v) is 10.2. The Bertz CT molecular complexity index is 1270. The van der Waals surface area contributed by atoms with E-state index in [0.29, 0.717) is 29.7 Å². The van der Waals surface area contributed by atoms with Gasteiger partial charge in [0.25, 0.3) is 0 Å². The number of anilines is 2. The Labute approximate surface area is 185 Å². The van der Waals surface area contributed by atoms with Gasteiger partial charge in [0, 0.05) is 55.1 Å². The summed E-state index contributed by atoms with van der Waals surface area (Å²) in [6.45, 7) is 1.87. The number of nitrogens with one attached hydrogen (secondary N) is 2. The number of rotatable bonds is 7. The number of hydrogen-bond donors (Lipinski definition) is 2. The fourth-order valence-electron chi connectivity index (χ4n) is 3.35. The van der Waals surface area contributed by atoms with Crippen LogP contribution in [0.3, 0.4) is 0 Å². The number of aryl methyl sites for hydroxylation is 2. The van der Waals surface area contributed by atoms with E-state index in [9.17, 15) is 9.18 Å². The van der Waals surface area contributed by atoms with Crippen molar-refractivity contribution in [3.8, 4) is 11.6 Å². The summed E-state index contributed by atoms with van der Waals surface area (Å²) in [6, 6.07) is 14.4. The summed E-state index contributed by atoms with van der Waals surface area (Å²) in [6.07, 6.45) is 2.62. The molecule has 0 atom stereocenters. The van der Waals surface area contributed by atoms with Crippen molar-refractivity contribution in [3.05, 3.63) is 71.8 Å². The van der Waals surface area contributed by atoms with Crippen molar-refractivity contribution in [1.29, 1.82) is 0 Å². The van der Waals surface area contributed by atoms with E-state index in [1.807, 2.05) is 31.2 Å². The summed E-state index contributed by atoms with van der Waals surface area (Å²) < 4.78 is 20.5. The number of fused-ring (bicyclic) bond motifs is 1. The third-order valence-electron chi connectivity index (χ3n) is 4.99. The fourth-order valence-corrected chi connectivity index (χ4v) is 3.35. The maximum Gasteiger partial charge on any atom is 0.230 e. The van der Waals surface area contributed by atoms with Gasteiger partial charge in [-0.25, -0.2) is 9.37 Å². The Morgan fingerprint density at radius 2 is 2.03 bits per heavy atom. The zero-order valence-corrected chi connectivity index (χ0v) is 18.1. The zero-order chi connectivity index (χ0) is 22.7. The first-order chi connectivity index (χ1) is 15.4. The summed E-state index contributed by atoms with van der Waals surface area (Å²) in [5.74, 6) is 0.272. The van der Waals surface area contributed by atoms with Crippen molar-refractivity contribution in [2.45, 2.75) is 19.8 Å². The molecule has 4 rings (SSSR count). The molecule has 32 heavy (non-hydrogen) atoms. The van der Waals surface area contributed by atoms with Crippen LogP contribution in [-0.2, 0) is 11.2 Å². The predicted octanol–water partition coefficient (Wildman–Crippen LogP) is 4.96. The number of aromatic nitrogens is 3. The van der Waals surface area contributed by atoms with Crippen LogP contribution < -0.4 is 10.1 Å². The summed E-state index contributed by atoms with van der Waals surface area (Å²) in [5.41, 5.74) is 3.39. The second kappa shape index (κ2) is 9.05. The summed E-state index contributed by atoms with van der Waals surface area (Å²) in [4.78, 5) is 25.1. The maximum absolute atomic E-state index is 14.8. The van der Waals surface area contributed by atoms with Crippen LogP contribution in [0.25, 0.3) is 10.9 Å². The molecule has 0 spiro atoms. The maximum atomic E-state index is 14.8. The van der Waals surface area contributed by atoms with Crippen LogP contribution in [0.15, 0.2) is 54.7 Å². The smallest absolute Gasteiger partial charge is 0.230 e. The number of amides is 1. The fraction of sp³-hybridized carbons (Fsp3) is 0.208. The van der Waals surface area contributed by atoms with Gasteiger partial charge in [-0.2, -0.15) is 4.98 Å². The van der Waals surface area contributed by atoms with Crippen molar-refractivity contribution in [1.82, 2.24) is 19.9 Å². The van der Waals surface area contributed by atoms with E-state index in [0.717, 1.165) is 16.9 Å². The third-order valence-corrected chi connectivity index (χ3v) is 4.99. The molecule has 164 valence electrons. The molecular weight excluding hydrogens is 409 g/mol. The number of aromatic amines is 1. The van der Waals surface area contributed by atoms with E-state index in [-0.39, 0.29) is 17.5 Å². The average Bonchev–Trinajstić information content (AvgIpc) is 3.16. The Morgan fingerprint density at radius 3 is 2.84 bits per heavy atom. The Balaban J connectivity index is 1.47. The van der Waals surface area contributed by atoms with Crippen LogP contribution in [0, 0.1) is 12.7 Å². The highest BCUT2D eigenvalue weighted by atomic mass is 19.1. The number of nitrogens with zero attached hydrogens (tertiary/aromatic N) is 3. The molecule has 1 amide bonds. The highest BCUT2D eigenvalue weighted by molar-refractivity contribution is 5.82. The number of H-pyrrole nitrogens is 1. The van der Waals surface area contributed by atoms with Crippen molar-refractivity contribution in [3.63, 3.8) is 0 Å². The molecule has 2 N–H and O–H groups in total.